The van der Waals surface area contributed by atoms with Gasteiger partial charge in [0.2, 0.25) is 0 Å². The van der Waals surface area contributed by atoms with Crippen LogP contribution in [0.5, 0.6) is 0 Å². The number of piperidine rings is 1. The number of rotatable bonds is 8. The van der Waals surface area contributed by atoms with Gasteiger partial charge in [0.1, 0.15) is 0 Å². The number of methoxy groups -OCH3 is 1. The van der Waals surface area contributed by atoms with E-state index in [-0.39, 0.29) is 0 Å². The van der Waals surface area contributed by atoms with E-state index >= 15 is 0 Å². The number of hydrogen-bond acceptors (Lipinski definition) is 4. The fraction of sp³-hybridized carbons (Fsp3) is 1.00. The van der Waals surface area contributed by atoms with Gasteiger partial charge in [0.05, 0.1) is 12.7 Å². The van der Waals surface area contributed by atoms with E-state index in [0.29, 0.717) is 12.1 Å². The smallest absolute Gasteiger partial charge is 0.0588 e. The molecule has 2 aliphatic heterocycles. The number of ether oxygens (including phenoxy) is 2. The van der Waals surface area contributed by atoms with Crippen molar-refractivity contribution in [2.45, 2.75) is 50.7 Å². The van der Waals surface area contributed by atoms with Crippen molar-refractivity contribution in [1.82, 2.24) is 10.2 Å². The zero-order valence-electron chi connectivity index (χ0n) is 12.4. The third-order valence-electron chi connectivity index (χ3n) is 4.37. The van der Waals surface area contributed by atoms with E-state index in [1.807, 2.05) is 0 Å². The van der Waals surface area contributed by atoms with Crippen LogP contribution in [0.3, 0.4) is 0 Å². The van der Waals surface area contributed by atoms with Gasteiger partial charge in [-0.3, -0.25) is 4.90 Å². The lowest BCUT2D eigenvalue weighted by atomic mass is 10.0. The lowest BCUT2D eigenvalue weighted by Gasteiger charge is -2.36. The van der Waals surface area contributed by atoms with Gasteiger partial charge in [-0.05, 0) is 38.6 Å². The second-order valence-corrected chi connectivity index (χ2v) is 5.81. The fourth-order valence-electron chi connectivity index (χ4n) is 3.21. The minimum atomic E-state index is 0.532. The van der Waals surface area contributed by atoms with E-state index in [1.54, 1.807) is 7.11 Å². The maximum absolute atomic E-state index is 5.73. The Morgan fingerprint density at radius 1 is 1.26 bits per heavy atom. The summed E-state index contributed by atoms with van der Waals surface area (Å²) in [5.41, 5.74) is 0. The Kier molecular flexibility index (Phi) is 7.14. The normalized spacial score (nSPS) is 28.9. The third kappa shape index (κ3) is 5.38. The van der Waals surface area contributed by atoms with Crippen molar-refractivity contribution in [3.05, 3.63) is 0 Å². The van der Waals surface area contributed by atoms with Crippen molar-refractivity contribution in [2.24, 2.45) is 0 Å². The van der Waals surface area contributed by atoms with Crippen LogP contribution in [0.2, 0.25) is 0 Å². The molecule has 0 spiro atoms. The average Bonchev–Trinajstić information content (AvgIpc) is 2.96. The molecule has 2 fully saturated rings. The van der Waals surface area contributed by atoms with Crippen LogP contribution >= 0.6 is 0 Å². The first kappa shape index (κ1) is 15.2. The Balaban J connectivity index is 1.65. The largest absolute Gasteiger partial charge is 0.383 e. The highest BCUT2D eigenvalue weighted by atomic mass is 16.5. The predicted octanol–water partition coefficient (Wildman–Crippen LogP) is 1.65. The van der Waals surface area contributed by atoms with E-state index in [0.717, 1.165) is 26.3 Å². The molecule has 2 saturated heterocycles. The predicted molar refractivity (Wildman–Crippen MR) is 77.5 cm³/mol. The highest BCUT2D eigenvalue weighted by molar-refractivity contribution is 4.80. The maximum Gasteiger partial charge on any atom is 0.0588 e. The summed E-state index contributed by atoms with van der Waals surface area (Å²) in [5.74, 6) is 0. The van der Waals surface area contributed by atoms with Crippen LogP contribution in [0.4, 0.5) is 0 Å². The van der Waals surface area contributed by atoms with Crippen LogP contribution in [0.1, 0.15) is 38.5 Å². The molecule has 2 aliphatic rings. The molecule has 19 heavy (non-hydrogen) atoms. The molecule has 0 saturated carbocycles. The quantitative estimate of drug-likeness (QED) is 0.680. The number of nitrogens with zero attached hydrogens (tertiary/aromatic N) is 1. The molecule has 2 rings (SSSR count). The molecule has 2 atom stereocenters. The van der Waals surface area contributed by atoms with Gasteiger partial charge in [0.15, 0.2) is 0 Å². The summed E-state index contributed by atoms with van der Waals surface area (Å²) in [7, 11) is 1.76. The molecule has 0 bridgehead atoms. The first-order chi connectivity index (χ1) is 9.40. The van der Waals surface area contributed by atoms with Gasteiger partial charge in [0.25, 0.3) is 0 Å². The fourth-order valence-corrected chi connectivity index (χ4v) is 3.21. The Morgan fingerprint density at radius 2 is 2.21 bits per heavy atom. The van der Waals surface area contributed by atoms with Crippen molar-refractivity contribution >= 4 is 0 Å². The Morgan fingerprint density at radius 3 is 3.00 bits per heavy atom. The monoisotopic (exact) mass is 270 g/mol. The minimum absolute atomic E-state index is 0.532. The Labute approximate surface area is 117 Å². The molecule has 0 amide bonds. The second-order valence-electron chi connectivity index (χ2n) is 5.81. The van der Waals surface area contributed by atoms with E-state index in [9.17, 15) is 0 Å². The summed E-state index contributed by atoms with van der Waals surface area (Å²) in [4.78, 5) is 2.67. The molecule has 0 aromatic heterocycles. The van der Waals surface area contributed by atoms with Crippen LogP contribution in [0, 0.1) is 0 Å². The molecular formula is C15H30N2O2. The molecule has 1 N–H and O–H groups in total. The molecule has 0 aromatic carbocycles. The summed E-state index contributed by atoms with van der Waals surface area (Å²) in [6.45, 7) is 6.33. The van der Waals surface area contributed by atoms with Crippen molar-refractivity contribution in [2.75, 3.05) is 46.5 Å². The van der Waals surface area contributed by atoms with E-state index in [4.69, 9.17) is 9.47 Å². The molecule has 2 heterocycles. The molecule has 4 heteroatoms. The third-order valence-corrected chi connectivity index (χ3v) is 4.37. The highest BCUT2D eigenvalue weighted by Gasteiger charge is 2.23. The van der Waals surface area contributed by atoms with Crippen molar-refractivity contribution in [3.63, 3.8) is 0 Å². The molecule has 0 aliphatic carbocycles. The summed E-state index contributed by atoms with van der Waals surface area (Å²) in [6, 6.07) is 0.715. The number of likely N-dealkylation sites (tertiary alicyclic amines) is 1. The van der Waals surface area contributed by atoms with Crippen molar-refractivity contribution in [3.8, 4) is 0 Å². The zero-order chi connectivity index (χ0) is 13.3. The summed E-state index contributed by atoms with van der Waals surface area (Å²) < 4.78 is 10.8. The molecule has 2 unspecified atom stereocenters. The van der Waals surface area contributed by atoms with E-state index in [1.165, 1.54) is 51.6 Å². The maximum atomic E-state index is 5.73. The first-order valence-corrected chi connectivity index (χ1v) is 7.95. The SMILES string of the molecule is COCCNCC1CCCCN1CCC1CCCO1. The second kappa shape index (κ2) is 8.90. The van der Waals surface area contributed by atoms with Crippen LogP contribution in [0.15, 0.2) is 0 Å². The van der Waals surface area contributed by atoms with E-state index < -0.39 is 0 Å². The highest BCUT2D eigenvalue weighted by Crippen LogP contribution is 2.20. The molecule has 4 nitrogen and oxygen atoms in total. The minimum Gasteiger partial charge on any atom is -0.383 e. The lowest BCUT2D eigenvalue weighted by Crippen LogP contribution is -2.46. The van der Waals surface area contributed by atoms with Crippen molar-refractivity contribution in [1.29, 1.82) is 0 Å². The molecule has 0 radical (unpaired) electrons. The van der Waals surface area contributed by atoms with Gasteiger partial charge in [-0.1, -0.05) is 6.42 Å². The topological polar surface area (TPSA) is 33.7 Å². The number of nitrogens with one attached hydrogen (secondary N) is 1. The lowest BCUT2D eigenvalue weighted by molar-refractivity contribution is 0.0746. The van der Waals surface area contributed by atoms with Gasteiger partial charge in [-0.2, -0.15) is 0 Å². The molecule has 112 valence electrons. The van der Waals surface area contributed by atoms with Crippen LogP contribution in [-0.2, 0) is 9.47 Å². The standard InChI is InChI=1S/C15H30N2O2/c1-18-12-8-16-13-14-5-2-3-9-17(14)10-7-15-6-4-11-19-15/h14-16H,2-13H2,1H3. The Hall–Kier alpha value is -0.160. The van der Waals surface area contributed by atoms with Crippen LogP contribution in [-0.4, -0.2) is 63.5 Å². The van der Waals surface area contributed by atoms with Crippen molar-refractivity contribution < 1.29 is 9.47 Å². The number of hydrogen-bond donors (Lipinski definition) is 1. The summed E-state index contributed by atoms with van der Waals surface area (Å²) in [5, 5.41) is 3.52. The Bertz CT molecular complexity index is 232. The average molecular weight is 270 g/mol. The van der Waals surface area contributed by atoms with Gasteiger partial charge in [0, 0.05) is 39.4 Å². The van der Waals surface area contributed by atoms with Gasteiger partial charge in [-0.25, -0.2) is 0 Å². The summed E-state index contributed by atoms with van der Waals surface area (Å²) in [6.07, 6.45) is 8.36. The van der Waals surface area contributed by atoms with E-state index in [2.05, 4.69) is 10.2 Å². The van der Waals surface area contributed by atoms with Gasteiger partial charge < -0.3 is 14.8 Å². The van der Waals surface area contributed by atoms with Gasteiger partial charge in [-0.15, -0.1) is 0 Å². The van der Waals surface area contributed by atoms with Gasteiger partial charge >= 0.3 is 0 Å². The van der Waals surface area contributed by atoms with Crippen LogP contribution in [0.25, 0.3) is 0 Å². The van der Waals surface area contributed by atoms with Crippen LogP contribution < -0.4 is 5.32 Å². The first-order valence-electron chi connectivity index (χ1n) is 7.95. The molecule has 0 aromatic rings. The zero-order valence-corrected chi connectivity index (χ0v) is 12.4. The summed E-state index contributed by atoms with van der Waals surface area (Å²) >= 11 is 0. The molecular weight excluding hydrogens is 240 g/mol.